The summed E-state index contributed by atoms with van der Waals surface area (Å²) in [6, 6.07) is 0. The quantitative estimate of drug-likeness (QED) is 0.598. The van der Waals surface area contributed by atoms with Gasteiger partial charge < -0.3 is 9.64 Å². The van der Waals surface area contributed by atoms with Crippen LogP contribution in [0.4, 0.5) is 0 Å². The number of carbonyl (C=O) groups is 2. The van der Waals surface area contributed by atoms with Gasteiger partial charge in [-0.3, -0.25) is 9.59 Å². The highest BCUT2D eigenvalue weighted by Crippen LogP contribution is 1.91. The molecule has 0 aromatic heterocycles. The molecule has 0 saturated carbocycles. The van der Waals surface area contributed by atoms with Crippen molar-refractivity contribution in [1.29, 1.82) is 0 Å². The van der Waals surface area contributed by atoms with Crippen LogP contribution in [-0.4, -0.2) is 37.0 Å². The van der Waals surface area contributed by atoms with Gasteiger partial charge in [0, 0.05) is 13.5 Å². The van der Waals surface area contributed by atoms with Gasteiger partial charge in [-0.25, -0.2) is 0 Å². The lowest BCUT2D eigenvalue weighted by atomic mass is 10.4. The molecule has 0 N–H and O–H groups in total. The number of amides is 1. The Bertz CT molecular complexity index is 180. The first kappa shape index (κ1) is 11.9. The minimum atomic E-state index is -0.342. The lowest BCUT2D eigenvalue weighted by Crippen LogP contribution is -2.32. The zero-order chi connectivity index (χ0) is 10.3. The van der Waals surface area contributed by atoms with Crippen LogP contribution < -0.4 is 0 Å². The zero-order valence-corrected chi connectivity index (χ0v) is 8.50. The first-order valence-corrected chi connectivity index (χ1v) is 4.51. The first-order chi connectivity index (χ1) is 6.11. The van der Waals surface area contributed by atoms with Gasteiger partial charge >= 0.3 is 5.97 Å². The minimum Gasteiger partial charge on any atom is -0.464 e. The Labute approximate surface area is 78.9 Å². The number of esters is 1. The molecule has 0 aliphatic heterocycles. The van der Waals surface area contributed by atoms with Gasteiger partial charge in [-0.05, 0) is 6.42 Å². The molecule has 0 bridgehead atoms. The third-order valence-electron chi connectivity index (χ3n) is 1.56. The van der Waals surface area contributed by atoms with E-state index in [0.717, 1.165) is 6.42 Å². The number of rotatable bonds is 5. The van der Waals surface area contributed by atoms with Crippen molar-refractivity contribution in [1.82, 2.24) is 4.90 Å². The number of hydrogen-bond acceptors (Lipinski definition) is 3. The second-order valence-electron chi connectivity index (χ2n) is 2.82. The molecule has 0 radical (unpaired) electrons. The van der Waals surface area contributed by atoms with E-state index >= 15 is 0 Å². The fraction of sp³-hybridized carbons (Fsp3) is 0.778. The Morgan fingerprint density at radius 1 is 1.31 bits per heavy atom. The van der Waals surface area contributed by atoms with Crippen LogP contribution in [0.5, 0.6) is 0 Å². The summed E-state index contributed by atoms with van der Waals surface area (Å²) < 4.78 is 4.82. The maximum absolute atomic E-state index is 11.0. The molecule has 4 heteroatoms. The molecule has 0 heterocycles. The second-order valence-corrected chi connectivity index (χ2v) is 2.82. The van der Waals surface area contributed by atoms with Gasteiger partial charge in [-0.15, -0.1) is 0 Å². The molecule has 0 aliphatic carbocycles. The van der Waals surface area contributed by atoms with Gasteiger partial charge in [0.15, 0.2) is 0 Å². The highest BCUT2D eigenvalue weighted by molar-refractivity contribution is 5.81. The fourth-order valence-corrected chi connectivity index (χ4v) is 0.813. The van der Waals surface area contributed by atoms with E-state index in [4.69, 9.17) is 4.74 Å². The summed E-state index contributed by atoms with van der Waals surface area (Å²) in [6.07, 6.45) is 1.22. The molecule has 76 valence electrons. The van der Waals surface area contributed by atoms with E-state index in [1.807, 2.05) is 6.92 Å². The predicted molar refractivity (Wildman–Crippen MR) is 49.2 cm³/mol. The molecule has 0 fully saturated rings. The summed E-state index contributed by atoms with van der Waals surface area (Å²) in [5.74, 6) is -0.389. The standard InChI is InChI=1S/C9H17NO3/c1-4-6-13-9(12)7-10(3)8(11)5-2/h4-7H2,1-3H3. The van der Waals surface area contributed by atoms with E-state index < -0.39 is 0 Å². The lowest BCUT2D eigenvalue weighted by molar-refractivity contribution is -0.148. The van der Waals surface area contributed by atoms with Crippen LogP contribution in [0.25, 0.3) is 0 Å². The molecular weight excluding hydrogens is 170 g/mol. The second kappa shape index (κ2) is 6.46. The van der Waals surface area contributed by atoms with E-state index in [1.54, 1.807) is 14.0 Å². The summed E-state index contributed by atoms with van der Waals surface area (Å²) in [7, 11) is 1.60. The maximum atomic E-state index is 11.0. The molecule has 0 spiro atoms. The number of nitrogens with zero attached hydrogens (tertiary/aromatic N) is 1. The number of carbonyl (C=O) groups excluding carboxylic acids is 2. The van der Waals surface area contributed by atoms with Crippen LogP contribution in [0.1, 0.15) is 26.7 Å². The van der Waals surface area contributed by atoms with Gasteiger partial charge in [-0.1, -0.05) is 13.8 Å². The Morgan fingerprint density at radius 3 is 2.38 bits per heavy atom. The SMILES string of the molecule is CCCOC(=O)CN(C)C(=O)CC. The summed E-state index contributed by atoms with van der Waals surface area (Å²) in [6.45, 7) is 4.16. The van der Waals surface area contributed by atoms with Gasteiger partial charge in [0.2, 0.25) is 5.91 Å². The lowest BCUT2D eigenvalue weighted by Gasteiger charge is -2.14. The Morgan fingerprint density at radius 2 is 1.92 bits per heavy atom. The number of hydrogen-bond donors (Lipinski definition) is 0. The highest BCUT2D eigenvalue weighted by atomic mass is 16.5. The van der Waals surface area contributed by atoms with Crippen LogP contribution >= 0.6 is 0 Å². The first-order valence-electron chi connectivity index (χ1n) is 4.51. The smallest absolute Gasteiger partial charge is 0.325 e. The Kier molecular flexibility index (Phi) is 5.93. The normalized spacial score (nSPS) is 9.46. The highest BCUT2D eigenvalue weighted by Gasteiger charge is 2.11. The monoisotopic (exact) mass is 187 g/mol. The average Bonchev–Trinajstić information content (AvgIpc) is 2.13. The summed E-state index contributed by atoms with van der Waals surface area (Å²) in [5, 5.41) is 0. The summed E-state index contributed by atoms with van der Waals surface area (Å²) in [4.78, 5) is 23.4. The van der Waals surface area contributed by atoms with E-state index in [2.05, 4.69) is 0 Å². The van der Waals surface area contributed by atoms with E-state index in [0.29, 0.717) is 13.0 Å². The van der Waals surface area contributed by atoms with Gasteiger partial charge in [0.1, 0.15) is 6.54 Å². The molecule has 13 heavy (non-hydrogen) atoms. The van der Waals surface area contributed by atoms with Crippen LogP contribution in [0.2, 0.25) is 0 Å². The van der Waals surface area contributed by atoms with Crippen LogP contribution in [-0.2, 0) is 14.3 Å². The molecule has 0 saturated heterocycles. The third kappa shape index (κ3) is 5.22. The van der Waals surface area contributed by atoms with Crippen molar-refractivity contribution in [2.45, 2.75) is 26.7 Å². The molecule has 0 unspecified atom stereocenters. The van der Waals surface area contributed by atoms with Crippen molar-refractivity contribution >= 4 is 11.9 Å². The van der Waals surface area contributed by atoms with Crippen molar-refractivity contribution in [3.05, 3.63) is 0 Å². The molecule has 1 amide bonds. The summed E-state index contributed by atoms with van der Waals surface area (Å²) in [5.41, 5.74) is 0. The maximum Gasteiger partial charge on any atom is 0.325 e. The van der Waals surface area contributed by atoms with Gasteiger partial charge in [0.05, 0.1) is 6.61 Å². The number of ether oxygens (including phenoxy) is 1. The van der Waals surface area contributed by atoms with Crippen LogP contribution in [0.3, 0.4) is 0 Å². The van der Waals surface area contributed by atoms with Crippen molar-refractivity contribution in [2.24, 2.45) is 0 Å². The topological polar surface area (TPSA) is 46.6 Å². The van der Waals surface area contributed by atoms with Crippen LogP contribution in [0, 0.1) is 0 Å². The van der Waals surface area contributed by atoms with Gasteiger partial charge in [-0.2, -0.15) is 0 Å². The molecule has 4 nitrogen and oxygen atoms in total. The molecule has 0 atom stereocenters. The van der Waals surface area contributed by atoms with Crippen molar-refractivity contribution in [3.63, 3.8) is 0 Å². The molecular formula is C9H17NO3. The minimum absolute atomic E-state index is 0.0477. The summed E-state index contributed by atoms with van der Waals surface area (Å²) >= 11 is 0. The Balaban J connectivity index is 3.71. The number of likely N-dealkylation sites (N-methyl/N-ethyl adjacent to an activating group) is 1. The largest absolute Gasteiger partial charge is 0.464 e. The molecule has 0 aliphatic rings. The third-order valence-corrected chi connectivity index (χ3v) is 1.56. The van der Waals surface area contributed by atoms with Crippen LogP contribution in [0.15, 0.2) is 0 Å². The zero-order valence-electron chi connectivity index (χ0n) is 8.50. The van der Waals surface area contributed by atoms with Crippen molar-refractivity contribution in [3.8, 4) is 0 Å². The molecule has 0 aromatic rings. The predicted octanol–water partition coefficient (Wildman–Crippen LogP) is 0.808. The molecule has 0 rings (SSSR count). The average molecular weight is 187 g/mol. The van der Waals surface area contributed by atoms with E-state index in [-0.39, 0.29) is 18.4 Å². The Hall–Kier alpha value is -1.06. The fourth-order valence-electron chi connectivity index (χ4n) is 0.813. The van der Waals surface area contributed by atoms with E-state index in [9.17, 15) is 9.59 Å². The van der Waals surface area contributed by atoms with E-state index in [1.165, 1.54) is 4.90 Å². The van der Waals surface area contributed by atoms with Gasteiger partial charge in [0.25, 0.3) is 0 Å². The van der Waals surface area contributed by atoms with Crippen molar-refractivity contribution < 1.29 is 14.3 Å². The van der Waals surface area contributed by atoms with Crippen molar-refractivity contribution in [2.75, 3.05) is 20.2 Å². The molecule has 0 aromatic carbocycles.